The van der Waals surface area contributed by atoms with Crippen molar-refractivity contribution < 1.29 is 23.5 Å². The second-order valence-electron chi connectivity index (χ2n) is 7.98. The molecule has 0 atom stereocenters. The summed E-state index contributed by atoms with van der Waals surface area (Å²) in [7, 11) is 2.95. The van der Waals surface area contributed by atoms with Gasteiger partial charge in [0.25, 0.3) is 0 Å². The highest BCUT2D eigenvalue weighted by molar-refractivity contribution is 6.00. The predicted molar refractivity (Wildman–Crippen MR) is 127 cm³/mol. The van der Waals surface area contributed by atoms with E-state index in [1.807, 2.05) is 31.2 Å². The number of ether oxygens (including phenoxy) is 2. The van der Waals surface area contributed by atoms with Crippen molar-refractivity contribution in [3.05, 3.63) is 65.5 Å². The Balaban J connectivity index is 1.33. The van der Waals surface area contributed by atoms with E-state index in [1.165, 1.54) is 7.11 Å². The van der Waals surface area contributed by atoms with Crippen molar-refractivity contribution in [2.45, 2.75) is 13.5 Å². The fourth-order valence-corrected chi connectivity index (χ4v) is 3.83. The Kier molecular flexibility index (Phi) is 7.12. The second kappa shape index (κ2) is 10.4. The molecule has 9 nitrogen and oxygen atoms in total. The van der Waals surface area contributed by atoms with Crippen LogP contribution in [-0.2, 0) is 11.3 Å². The van der Waals surface area contributed by atoms with E-state index in [-0.39, 0.29) is 6.03 Å². The van der Waals surface area contributed by atoms with Crippen LogP contribution in [0, 0.1) is 6.92 Å². The lowest BCUT2D eigenvalue weighted by Gasteiger charge is -2.34. The van der Waals surface area contributed by atoms with E-state index in [0.717, 1.165) is 22.8 Å². The number of oxazole rings is 1. The number of carbonyl (C=O) groups is 2. The van der Waals surface area contributed by atoms with Crippen molar-refractivity contribution in [1.29, 1.82) is 0 Å². The first-order chi connectivity index (χ1) is 16.5. The topological polar surface area (TPSA) is 97.1 Å². The molecule has 4 rings (SSSR count). The number of nitrogens with zero attached hydrogens (tertiary/aromatic N) is 3. The molecule has 0 spiro atoms. The molecule has 2 amide bonds. The van der Waals surface area contributed by atoms with E-state index in [9.17, 15) is 9.59 Å². The molecule has 2 heterocycles. The summed E-state index contributed by atoms with van der Waals surface area (Å²) in [6.45, 7) is 5.10. The Labute approximate surface area is 198 Å². The fourth-order valence-electron chi connectivity index (χ4n) is 3.83. The number of amides is 2. The van der Waals surface area contributed by atoms with E-state index in [4.69, 9.17) is 13.9 Å². The lowest BCUT2D eigenvalue weighted by atomic mass is 10.2. The zero-order valence-electron chi connectivity index (χ0n) is 19.5. The van der Waals surface area contributed by atoms with Crippen molar-refractivity contribution in [1.82, 2.24) is 14.8 Å². The Bertz CT molecular complexity index is 1150. The smallest absolute Gasteiger partial charge is 0.339 e. The first-order valence-electron chi connectivity index (χ1n) is 11.0. The summed E-state index contributed by atoms with van der Waals surface area (Å²) < 4.78 is 15.9. The lowest BCUT2D eigenvalue weighted by molar-refractivity contribution is 0.0602. The van der Waals surface area contributed by atoms with Gasteiger partial charge in [0.05, 0.1) is 31.2 Å². The summed E-state index contributed by atoms with van der Waals surface area (Å²) in [5, 5.41) is 2.83. The Hall–Kier alpha value is -3.85. The molecule has 2 aromatic carbocycles. The standard InChI is InChI=1S/C25H28N4O5/c1-17-22(26-23(34-17)18-8-10-19(32-2)11-9-18)16-28-12-14-29(15-13-28)25(31)27-21-7-5-4-6-20(21)24(30)33-3/h4-11H,12-16H2,1-3H3,(H,27,31). The largest absolute Gasteiger partial charge is 0.497 e. The maximum Gasteiger partial charge on any atom is 0.339 e. The molecule has 34 heavy (non-hydrogen) atoms. The lowest BCUT2D eigenvalue weighted by Crippen LogP contribution is -2.49. The number of hydrogen-bond donors (Lipinski definition) is 1. The van der Waals surface area contributed by atoms with Crippen LogP contribution >= 0.6 is 0 Å². The SMILES string of the molecule is COC(=O)c1ccccc1NC(=O)N1CCN(Cc2nc(-c3ccc(OC)cc3)oc2C)CC1. The summed E-state index contributed by atoms with van der Waals surface area (Å²) in [6.07, 6.45) is 0. The third-order valence-electron chi connectivity index (χ3n) is 5.84. The number of rotatable bonds is 6. The van der Waals surface area contributed by atoms with Crippen molar-refractivity contribution in [2.75, 3.05) is 45.7 Å². The molecule has 1 saturated heterocycles. The van der Waals surface area contributed by atoms with Crippen LogP contribution in [0.4, 0.5) is 10.5 Å². The number of urea groups is 1. The Morgan fingerprint density at radius 1 is 1.03 bits per heavy atom. The summed E-state index contributed by atoms with van der Waals surface area (Å²) >= 11 is 0. The number of methoxy groups -OCH3 is 2. The fraction of sp³-hybridized carbons (Fsp3) is 0.320. The number of anilines is 1. The van der Waals surface area contributed by atoms with Crippen LogP contribution in [0.25, 0.3) is 11.5 Å². The van der Waals surface area contributed by atoms with Gasteiger partial charge in [0.1, 0.15) is 11.5 Å². The number of piperazine rings is 1. The van der Waals surface area contributed by atoms with Gasteiger partial charge in [-0.3, -0.25) is 4.90 Å². The van der Waals surface area contributed by atoms with Crippen molar-refractivity contribution >= 4 is 17.7 Å². The van der Waals surface area contributed by atoms with Gasteiger partial charge in [0.2, 0.25) is 5.89 Å². The average molecular weight is 465 g/mol. The van der Waals surface area contributed by atoms with Crippen molar-refractivity contribution in [3.8, 4) is 17.2 Å². The molecule has 178 valence electrons. The third kappa shape index (κ3) is 5.20. The maximum absolute atomic E-state index is 12.8. The van der Waals surface area contributed by atoms with E-state index in [0.29, 0.717) is 49.9 Å². The van der Waals surface area contributed by atoms with Gasteiger partial charge >= 0.3 is 12.0 Å². The van der Waals surface area contributed by atoms with Gasteiger partial charge in [-0.15, -0.1) is 0 Å². The molecule has 0 unspecified atom stereocenters. The number of nitrogens with one attached hydrogen (secondary N) is 1. The van der Waals surface area contributed by atoms with Gasteiger partial charge < -0.3 is 24.1 Å². The third-order valence-corrected chi connectivity index (χ3v) is 5.84. The first kappa shape index (κ1) is 23.3. The number of aromatic nitrogens is 1. The Morgan fingerprint density at radius 2 is 1.74 bits per heavy atom. The summed E-state index contributed by atoms with van der Waals surface area (Å²) in [4.78, 5) is 33.4. The summed E-state index contributed by atoms with van der Waals surface area (Å²) in [6, 6.07) is 14.2. The van der Waals surface area contributed by atoms with E-state index in [1.54, 1.807) is 36.3 Å². The second-order valence-corrected chi connectivity index (χ2v) is 7.98. The molecule has 9 heteroatoms. The van der Waals surface area contributed by atoms with Gasteiger partial charge in [0, 0.05) is 38.3 Å². The van der Waals surface area contributed by atoms with Crippen LogP contribution in [0.15, 0.2) is 52.9 Å². The minimum atomic E-state index is -0.488. The van der Waals surface area contributed by atoms with E-state index >= 15 is 0 Å². The molecule has 1 aliphatic heterocycles. The van der Waals surface area contributed by atoms with Crippen LogP contribution in [0.1, 0.15) is 21.8 Å². The van der Waals surface area contributed by atoms with Gasteiger partial charge in [-0.05, 0) is 43.3 Å². The molecule has 3 aromatic rings. The minimum absolute atomic E-state index is 0.240. The molecule has 0 radical (unpaired) electrons. The molecular formula is C25H28N4O5. The summed E-state index contributed by atoms with van der Waals surface area (Å²) in [5.41, 5.74) is 2.54. The maximum atomic E-state index is 12.8. The molecular weight excluding hydrogens is 436 g/mol. The highest BCUT2D eigenvalue weighted by Crippen LogP contribution is 2.25. The van der Waals surface area contributed by atoms with Crippen LogP contribution in [0.5, 0.6) is 5.75 Å². The first-order valence-corrected chi connectivity index (χ1v) is 11.0. The Morgan fingerprint density at radius 3 is 2.41 bits per heavy atom. The molecule has 0 bridgehead atoms. The van der Waals surface area contributed by atoms with Gasteiger partial charge in [-0.1, -0.05) is 12.1 Å². The average Bonchev–Trinajstić information content (AvgIpc) is 3.24. The quantitative estimate of drug-likeness (QED) is 0.554. The predicted octanol–water partition coefficient (Wildman–Crippen LogP) is 3.79. The normalized spacial score (nSPS) is 14.0. The molecule has 0 aliphatic carbocycles. The molecule has 1 fully saturated rings. The van der Waals surface area contributed by atoms with Crippen molar-refractivity contribution in [3.63, 3.8) is 0 Å². The molecule has 1 aliphatic rings. The number of esters is 1. The van der Waals surface area contributed by atoms with Crippen LogP contribution in [-0.4, -0.2) is 67.2 Å². The van der Waals surface area contributed by atoms with E-state index in [2.05, 4.69) is 15.2 Å². The molecule has 1 aromatic heterocycles. The number of benzene rings is 2. The van der Waals surface area contributed by atoms with Gasteiger partial charge in [0.15, 0.2) is 0 Å². The highest BCUT2D eigenvalue weighted by atomic mass is 16.5. The van der Waals surface area contributed by atoms with E-state index < -0.39 is 5.97 Å². The number of hydrogen-bond acceptors (Lipinski definition) is 7. The monoisotopic (exact) mass is 464 g/mol. The van der Waals surface area contributed by atoms with Crippen LogP contribution in [0.3, 0.4) is 0 Å². The zero-order chi connectivity index (χ0) is 24.1. The number of para-hydroxylation sites is 1. The minimum Gasteiger partial charge on any atom is -0.497 e. The van der Waals surface area contributed by atoms with Crippen molar-refractivity contribution in [2.24, 2.45) is 0 Å². The van der Waals surface area contributed by atoms with Gasteiger partial charge in [-0.25, -0.2) is 14.6 Å². The number of aryl methyl sites for hydroxylation is 1. The van der Waals surface area contributed by atoms with Crippen LogP contribution in [0.2, 0.25) is 0 Å². The zero-order valence-corrected chi connectivity index (χ0v) is 19.5. The summed E-state index contributed by atoms with van der Waals surface area (Å²) in [5.74, 6) is 1.66. The number of carbonyl (C=O) groups excluding carboxylic acids is 2. The molecule has 1 N–H and O–H groups in total. The van der Waals surface area contributed by atoms with Gasteiger partial charge in [-0.2, -0.15) is 0 Å². The molecule has 0 saturated carbocycles. The van der Waals surface area contributed by atoms with Crippen LogP contribution < -0.4 is 10.1 Å². The highest BCUT2D eigenvalue weighted by Gasteiger charge is 2.24.